The standard InChI is InChI=1S/C11H20O3.C2H6/c1-8(12)14-9-5-10(2,3)7-11(4,13)6-9;1-2/h9,13H,5-7H2,1-4H3;1-2H3. The van der Waals surface area contributed by atoms with Crippen LogP contribution in [-0.4, -0.2) is 22.8 Å². The van der Waals surface area contributed by atoms with Crippen LogP contribution in [-0.2, 0) is 9.53 Å². The normalized spacial score (nSPS) is 32.3. The highest BCUT2D eigenvalue weighted by Crippen LogP contribution is 2.41. The van der Waals surface area contributed by atoms with Crippen molar-refractivity contribution in [2.24, 2.45) is 5.41 Å². The molecule has 1 saturated carbocycles. The number of ether oxygens (including phenoxy) is 1. The van der Waals surface area contributed by atoms with Crippen LogP contribution in [0.1, 0.15) is 60.8 Å². The number of rotatable bonds is 1. The van der Waals surface area contributed by atoms with Crippen molar-refractivity contribution in [1.82, 2.24) is 0 Å². The highest BCUT2D eigenvalue weighted by molar-refractivity contribution is 5.66. The maximum Gasteiger partial charge on any atom is 0.302 e. The van der Waals surface area contributed by atoms with Gasteiger partial charge in [0.25, 0.3) is 0 Å². The Morgan fingerprint density at radius 1 is 1.25 bits per heavy atom. The smallest absolute Gasteiger partial charge is 0.302 e. The fourth-order valence-corrected chi connectivity index (χ4v) is 2.67. The van der Waals surface area contributed by atoms with Crippen molar-refractivity contribution >= 4 is 5.97 Å². The summed E-state index contributed by atoms with van der Waals surface area (Å²) in [5, 5.41) is 10.0. The minimum Gasteiger partial charge on any atom is -0.462 e. The number of esters is 1. The summed E-state index contributed by atoms with van der Waals surface area (Å²) in [4.78, 5) is 10.8. The molecule has 1 fully saturated rings. The van der Waals surface area contributed by atoms with Crippen LogP contribution in [0, 0.1) is 5.41 Å². The molecule has 3 nitrogen and oxygen atoms in total. The van der Waals surface area contributed by atoms with Gasteiger partial charge in [-0.25, -0.2) is 0 Å². The Balaban J connectivity index is 0.00000106. The lowest BCUT2D eigenvalue weighted by Gasteiger charge is -2.43. The number of carbonyl (C=O) groups excluding carboxylic acids is 1. The molecule has 1 aliphatic carbocycles. The first-order valence-corrected chi connectivity index (χ1v) is 6.10. The predicted molar refractivity (Wildman–Crippen MR) is 65.2 cm³/mol. The molecule has 2 unspecified atom stereocenters. The van der Waals surface area contributed by atoms with E-state index in [-0.39, 0.29) is 17.5 Å². The van der Waals surface area contributed by atoms with Gasteiger partial charge < -0.3 is 9.84 Å². The highest BCUT2D eigenvalue weighted by atomic mass is 16.5. The van der Waals surface area contributed by atoms with Crippen molar-refractivity contribution < 1.29 is 14.6 Å². The van der Waals surface area contributed by atoms with Gasteiger partial charge in [-0.15, -0.1) is 0 Å². The summed E-state index contributed by atoms with van der Waals surface area (Å²) in [6, 6.07) is 0. The van der Waals surface area contributed by atoms with Gasteiger partial charge in [0.15, 0.2) is 0 Å². The van der Waals surface area contributed by atoms with Gasteiger partial charge in [0.2, 0.25) is 0 Å². The number of carbonyl (C=O) groups is 1. The fourth-order valence-electron chi connectivity index (χ4n) is 2.67. The van der Waals surface area contributed by atoms with Gasteiger partial charge in [-0.05, 0) is 25.2 Å². The maximum absolute atomic E-state index is 10.8. The van der Waals surface area contributed by atoms with Crippen molar-refractivity contribution in [3.8, 4) is 0 Å². The van der Waals surface area contributed by atoms with E-state index in [9.17, 15) is 9.90 Å². The lowest BCUT2D eigenvalue weighted by Crippen LogP contribution is -2.44. The molecule has 0 amide bonds. The van der Waals surface area contributed by atoms with Gasteiger partial charge in [0, 0.05) is 13.3 Å². The first-order chi connectivity index (χ1) is 7.20. The van der Waals surface area contributed by atoms with Gasteiger partial charge in [-0.1, -0.05) is 27.7 Å². The van der Waals surface area contributed by atoms with E-state index in [1.165, 1.54) is 6.92 Å². The Hall–Kier alpha value is -0.570. The summed E-state index contributed by atoms with van der Waals surface area (Å²) >= 11 is 0. The molecule has 2 atom stereocenters. The number of aliphatic hydroxyl groups is 1. The van der Waals surface area contributed by atoms with Crippen molar-refractivity contribution in [1.29, 1.82) is 0 Å². The van der Waals surface area contributed by atoms with E-state index in [1.54, 1.807) is 0 Å². The van der Waals surface area contributed by atoms with Crippen molar-refractivity contribution in [2.45, 2.75) is 72.5 Å². The molecule has 0 heterocycles. The topological polar surface area (TPSA) is 46.5 Å². The summed E-state index contributed by atoms with van der Waals surface area (Å²) in [7, 11) is 0. The summed E-state index contributed by atoms with van der Waals surface area (Å²) < 4.78 is 5.16. The second kappa shape index (κ2) is 5.67. The second-order valence-electron chi connectivity index (χ2n) is 5.48. The van der Waals surface area contributed by atoms with Crippen LogP contribution < -0.4 is 0 Å². The Kier molecular flexibility index (Phi) is 5.47. The lowest BCUT2D eigenvalue weighted by molar-refractivity contribution is -0.157. The van der Waals surface area contributed by atoms with Crippen LogP contribution in [0.4, 0.5) is 0 Å². The van der Waals surface area contributed by atoms with Crippen LogP contribution in [0.15, 0.2) is 0 Å². The molecule has 0 spiro atoms. The molecule has 1 rings (SSSR count). The van der Waals surface area contributed by atoms with Crippen molar-refractivity contribution in [2.75, 3.05) is 0 Å². The molecule has 1 N–H and O–H groups in total. The summed E-state index contributed by atoms with van der Waals surface area (Å²) in [5.41, 5.74) is -0.663. The number of hydrogen-bond acceptors (Lipinski definition) is 3. The third kappa shape index (κ3) is 5.50. The van der Waals surface area contributed by atoms with E-state index in [2.05, 4.69) is 13.8 Å². The third-order valence-corrected chi connectivity index (χ3v) is 2.64. The summed E-state index contributed by atoms with van der Waals surface area (Å²) in [5.74, 6) is -0.261. The van der Waals surface area contributed by atoms with E-state index < -0.39 is 5.60 Å². The zero-order valence-electron chi connectivity index (χ0n) is 11.5. The van der Waals surface area contributed by atoms with Gasteiger partial charge in [-0.3, -0.25) is 4.79 Å². The van der Waals surface area contributed by atoms with E-state index in [0.29, 0.717) is 6.42 Å². The molecule has 0 bridgehead atoms. The van der Waals surface area contributed by atoms with Gasteiger partial charge in [-0.2, -0.15) is 0 Å². The molecule has 0 aromatic rings. The van der Waals surface area contributed by atoms with Gasteiger partial charge in [0.1, 0.15) is 6.10 Å². The Labute approximate surface area is 99.2 Å². The Bertz CT molecular complexity index is 215. The van der Waals surface area contributed by atoms with Crippen LogP contribution in [0.2, 0.25) is 0 Å². The highest BCUT2D eigenvalue weighted by Gasteiger charge is 2.41. The molecular formula is C13H26O3. The van der Waals surface area contributed by atoms with Crippen molar-refractivity contribution in [3.05, 3.63) is 0 Å². The monoisotopic (exact) mass is 230 g/mol. The average molecular weight is 230 g/mol. The molecular weight excluding hydrogens is 204 g/mol. The van der Waals surface area contributed by atoms with Crippen LogP contribution in [0.3, 0.4) is 0 Å². The first-order valence-electron chi connectivity index (χ1n) is 6.10. The average Bonchev–Trinajstić information content (AvgIpc) is 1.99. The minimum absolute atomic E-state index is 0.0435. The molecule has 0 saturated heterocycles. The van der Waals surface area contributed by atoms with Crippen LogP contribution >= 0.6 is 0 Å². The van der Waals surface area contributed by atoms with Crippen molar-refractivity contribution in [3.63, 3.8) is 0 Å². The second-order valence-corrected chi connectivity index (χ2v) is 5.48. The number of hydrogen-bond donors (Lipinski definition) is 1. The van der Waals surface area contributed by atoms with E-state index >= 15 is 0 Å². The predicted octanol–water partition coefficient (Wildman–Crippen LogP) is 2.91. The molecule has 96 valence electrons. The first kappa shape index (κ1) is 15.4. The quantitative estimate of drug-likeness (QED) is 0.704. The largest absolute Gasteiger partial charge is 0.462 e. The zero-order valence-corrected chi connectivity index (χ0v) is 11.5. The van der Waals surface area contributed by atoms with E-state index in [4.69, 9.17) is 4.74 Å². The van der Waals surface area contributed by atoms with E-state index in [1.807, 2.05) is 20.8 Å². The maximum atomic E-state index is 10.8. The van der Waals surface area contributed by atoms with Gasteiger partial charge in [0.05, 0.1) is 5.60 Å². The summed E-state index contributed by atoms with van der Waals surface area (Å²) in [6.45, 7) is 11.4. The minimum atomic E-state index is -0.706. The molecule has 0 aromatic carbocycles. The Morgan fingerprint density at radius 2 is 1.75 bits per heavy atom. The fraction of sp³-hybridized carbons (Fsp3) is 0.923. The molecule has 0 aromatic heterocycles. The third-order valence-electron chi connectivity index (χ3n) is 2.64. The molecule has 0 radical (unpaired) electrons. The van der Waals surface area contributed by atoms with Gasteiger partial charge >= 0.3 is 5.97 Å². The summed E-state index contributed by atoms with van der Waals surface area (Å²) in [6.07, 6.45) is 2.02. The molecule has 0 aliphatic heterocycles. The van der Waals surface area contributed by atoms with Crippen LogP contribution in [0.25, 0.3) is 0 Å². The van der Waals surface area contributed by atoms with Crippen LogP contribution in [0.5, 0.6) is 0 Å². The molecule has 3 heteroatoms. The molecule has 16 heavy (non-hydrogen) atoms. The SMILES string of the molecule is CC.CC(=O)OC1CC(C)(C)CC(C)(O)C1. The lowest BCUT2D eigenvalue weighted by atomic mass is 9.69. The zero-order chi connectivity index (χ0) is 13.0. The van der Waals surface area contributed by atoms with E-state index in [0.717, 1.165) is 12.8 Å². The molecule has 1 aliphatic rings. The Morgan fingerprint density at radius 3 is 2.12 bits per heavy atom.